The van der Waals surface area contributed by atoms with Gasteiger partial charge in [-0.25, -0.2) is 0 Å². The number of rotatable bonds is 1. The highest BCUT2D eigenvalue weighted by Crippen LogP contribution is 2.39. The maximum Gasteiger partial charge on any atom is 0.164 e. The molecule has 1 fully saturated rings. The third-order valence-corrected chi connectivity index (χ3v) is 2.09. The lowest BCUT2D eigenvalue weighted by atomic mass is 10.3. The van der Waals surface area contributed by atoms with E-state index in [2.05, 4.69) is 10.2 Å². The number of halogens is 1. The average molecular weight is 170 g/mol. The van der Waals surface area contributed by atoms with Crippen LogP contribution in [0.5, 0.6) is 0 Å². The van der Waals surface area contributed by atoms with Gasteiger partial charge in [0.05, 0.1) is 10.7 Å². The SMILES string of the molecule is Nc1nnc(C2CC2)cc1Cl. The molecule has 1 aliphatic rings. The van der Waals surface area contributed by atoms with Crippen molar-refractivity contribution >= 4 is 17.4 Å². The standard InChI is InChI=1S/C7H8ClN3/c8-5-3-6(4-1-2-4)10-11-7(5)9/h3-4H,1-2H2,(H2,9,11). The van der Waals surface area contributed by atoms with Crippen molar-refractivity contribution in [2.45, 2.75) is 18.8 Å². The Kier molecular flexibility index (Phi) is 1.46. The molecule has 0 spiro atoms. The van der Waals surface area contributed by atoms with E-state index in [0.717, 1.165) is 5.69 Å². The second-order valence-electron chi connectivity index (χ2n) is 2.78. The minimum absolute atomic E-state index is 0.316. The largest absolute Gasteiger partial charge is 0.381 e. The van der Waals surface area contributed by atoms with Gasteiger partial charge >= 0.3 is 0 Å². The summed E-state index contributed by atoms with van der Waals surface area (Å²) in [5, 5.41) is 8.19. The molecule has 0 saturated heterocycles. The molecule has 1 saturated carbocycles. The number of nitrogens with zero attached hydrogens (tertiary/aromatic N) is 2. The maximum absolute atomic E-state index is 5.76. The zero-order chi connectivity index (χ0) is 7.84. The van der Waals surface area contributed by atoms with Crippen LogP contribution in [0.1, 0.15) is 24.5 Å². The number of nitrogens with two attached hydrogens (primary N) is 1. The second kappa shape index (κ2) is 2.34. The molecule has 1 aromatic rings. The van der Waals surface area contributed by atoms with Crippen molar-refractivity contribution in [3.8, 4) is 0 Å². The molecular formula is C7H8ClN3. The van der Waals surface area contributed by atoms with Crippen LogP contribution in [0.3, 0.4) is 0 Å². The van der Waals surface area contributed by atoms with Crippen LogP contribution in [0.15, 0.2) is 6.07 Å². The molecule has 2 rings (SSSR count). The lowest BCUT2D eigenvalue weighted by Crippen LogP contribution is -1.97. The normalized spacial score (nSPS) is 16.8. The van der Waals surface area contributed by atoms with Gasteiger partial charge in [0.2, 0.25) is 0 Å². The molecular weight excluding hydrogens is 162 g/mol. The maximum atomic E-state index is 5.76. The molecule has 0 radical (unpaired) electrons. The van der Waals surface area contributed by atoms with Crippen LogP contribution in [-0.4, -0.2) is 10.2 Å². The molecule has 58 valence electrons. The molecule has 0 atom stereocenters. The van der Waals surface area contributed by atoms with E-state index in [1.807, 2.05) is 6.07 Å². The highest BCUT2D eigenvalue weighted by atomic mass is 35.5. The van der Waals surface area contributed by atoms with Gasteiger partial charge in [-0.3, -0.25) is 0 Å². The van der Waals surface area contributed by atoms with Crippen molar-refractivity contribution in [1.82, 2.24) is 10.2 Å². The highest BCUT2D eigenvalue weighted by Gasteiger charge is 2.25. The summed E-state index contributed by atoms with van der Waals surface area (Å²) in [6.07, 6.45) is 2.41. The third kappa shape index (κ3) is 1.28. The Bertz CT molecular complexity index is 283. The molecule has 0 aliphatic heterocycles. The first-order valence-electron chi connectivity index (χ1n) is 3.56. The predicted octanol–water partition coefficient (Wildman–Crippen LogP) is 1.59. The van der Waals surface area contributed by atoms with E-state index in [4.69, 9.17) is 17.3 Å². The Hall–Kier alpha value is -0.830. The quantitative estimate of drug-likeness (QED) is 0.695. The van der Waals surface area contributed by atoms with Crippen molar-refractivity contribution in [3.63, 3.8) is 0 Å². The Morgan fingerprint density at radius 1 is 1.45 bits per heavy atom. The number of anilines is 1. The summed E-state index contributed by atoms with van der Waals surface area (Å²) in [4.78, 5) is 0. The van der Waals surface area contributed by atoms with Crippen LogP contribution >= 0.6 is 11.6 Å². The van der Waals surface area contributed by atoms with E-state index in [9.17, 15) is 0 Å². The minimum Gasteiger partial charge on any atom is -0.381 e. The topological polar surface area (TPSA) is 51.8 Å². The predicted molar refractivity (Wildman–Crippen MR) is 43.4 cm³/mol. The fraction of sp³-hybridized carbons (Fsp3) is 0.429. The van der Waals surface area contributed by atoms with Gasteiger partial charge in [0.25, 0.3) is 0 Å². The highest BCUT2D eigenvalue weighted by molar-refractivity contribution is 6.32. The smallest absolute Gasteiger partial charge is 0.164 e. The fourth-order valence-corrected chi connectivity index (χ4v) is 1.12. The second-order valence-corrected chi connectivity index (χ2v) is 3.18. The van der Waals surface area contributed by atoms with Crippen LogP contribution in [0, 0.1) is 0 Å². The molecule has 0 unspecified atom stereocenters. The van der Waals surface area contributed by atoms with E-state index in [1.165, 1.54) is 12.8 Å². The van der Waals surface area contributed by atoms with Crippen molar-refractivity contribution in [2.24, 2.45) is 0 Å². The van der Waals surface area contributed by atoms with Gasteiger partial charge in [0, 0.05) is 5.92 Å². The van der Waals surface area contributed by atoms with E-state index in [-0.39, 0.29) is 0 Å². The molecule has 3 nitrogen and oxygen atoms in total. The zero-order valence-electron chi connectivity index (χ0n) is 5.92. The Balaban J connectivity index is 2.36. The van der Waals surface area contributed by atoms with Gasteiger partial charge < -0.3 is 5.73 Å². The summed E-state index contributed by atoms with van der Waals surface area (Å²) >= 11 is 5.76. The van der Waals surface area contributed by atoms with Gasteiger partial charge in [0.1, 0.15) is 0 Å². The van der Waals surface area contributed by atoms with Gasteiger partial charge in [-0.1, -0.05) is 11.6 Å². The third-order valence-electron chi connectivity index (χ3n) is 1.79. The van der Waals surface area contributed by atoms with Crippen LogP contribution in [0.2, 0.25) is 5.02 Å². The first-order chi connectivity index (χ1) is 5.27. The lowest BCUT2D eigenvalue weighted by molar-refractivity contribution is 0.917. The summed E-state index contributed by atoms with van der Waals surface area (Å²) < 4.78 is 0. The molecule has 0 aromatic carbocycles. The monoisotopic (exact) mass is 169 g/mol. The summed E-state index contributed by atoms with van der Waals surface area (Å²) in [7, 11) is 0. The average Bonchev–Trinajstić information content (AvgIpc) is 2.77. The molecule has 0 bridgehead atoms. The van der Waals surface area contributed by atoms with Gasteiger partial charge in [-0.2, -0.15) is 5.10 Å². The summed E-state index contributed by atoms with van der Waals surface area (Å²) in [5.41, 5.74) is 6.38. The summed E-state index contributed by atoms with van der Waals surface area (Å²) in [6.45, 7) is 0. The van der Waals surface area contributed by atoms with Gasteiger partial charge in [0.15, 0.2) is 5.82 Å². The molecule has 1 aliphatic carbocycles. The Labute approximate surface area is 69.6 Å². The number of aromatic nitrogens is 2. The van der Waals surface area contributed by atoms with Crippen LogP contribution < -0.4 is 5.73 Å². The molecule has 2 N–H and O–H groups in total. The summed E-state index contributed by atoms with van der Waals surface area (Å²) in [5.74, 6) is 0.900. The van der Waals surface area contributed by atoms with E-state index < -0.39 is 0 Å². The number of hydrogen-bond donors (Lipinski definition) is 1. The number of hydrogen-bond acceptors (Lipinski definition) is 3. The number of nitrogen functional groups attached to an aromatic ring is 1. The summed E-state index contributed by atoms with van der Waals surface area (Å²) in [6, 6.07) is 1.81. The van der Waals surface area contributed by atoms with Crippen LogP contribution in [0.4, 0.5) is 5.82 Å². The van der Waals surface area contributed by atoms with E-state index >= 15 is 0 Å². The van der Waals surface area contributed by atoms with Crippen molar-refractivity contribution in [1.29, 1.82) is 0 Å². The Morgan fingerprint density at radius 3 is 2.73 bits per heavy atom. The van der Waals surface area contributed by atoms with Crippen molar-refractivity contribution in [2.75, 3.05) is 5.73 Å². The molecule has 11 heavy (non-hydrogen) atoms. The Morgan fingerprint density at radius 2 is 2.18 bits per heavy atom. The van der Waals surface area contributed by atoms with Gasteiger partial charge in [-0.15, -0.1) is 5.10 Å². The van der Waals surface area contributed by atoms with E-state index in [1.54, 1.807) is 0 Å². The van der Waals surface area contributed by atoms with E-state index in [0.29, 0.717) is 16.8 Å². The molecule has 1 aromatic heterocycles. The van der Waals surface area contributed by atoms with Crippen LogP contribution in [-0.2, 0) is 0 Å². The van der Waals surface area contributed by atoms with Crippen molar-refractivity contribution < 1.29 is 0 Å². The van der Waals surface area contributed by atoms with Crippen molar-refractivity contribution in [3.05, 3.63) is 16.8 Å². The first kappa shape index (κ1) is 6.85. The van der Waals surface area contributed by atoms with Crippen LogP contribution in [0.25, 0.3) is 0 Å². The fourth-order valence-electron chi connectivity index (χ4n) is 0.971. The molecule has 1 heterocycles. The van der Waals surface area contributed by atoms with Gasteiger partial charge in [-0.05, 0) is 18.9 Å². The minimum atomic E-state index is 0.316. The zero-order valence-corrected chi connectivity index (χ0v) is 6.67. The lowest BCUT2D eigenvalue weighted by Gasteiger charge is -1.97. The molecule has 4 heteroatoms. The first-order valence-corrected chi connectivity index (χ1v) is 3.94. The molecule has 0 amide bonds.